The molecule has 0 aliphatic heterocycles. The van der Waals surface area contributed by atoms with E-state index in [4.69, 9.17) is 0 Å². The Hall–Kier alpha value is -2.56. The highest BCUT2D eigenvalue weighted by atomic mass is 16.5. The minimum atomic E-state index is -0.882. The maximum atomic E-state index is 11.4. The largest absolute Gasteiger partial charge is 0.467 e. The summed E-state index contributed by atoms with van der Waals surface area (Å²) >= 11 is 0. The quantitative estimate of drug-likeness (QED) is 0.487. The second-order valence-electron chi connectivity index (χ2n) is 4.31. The molecule has 0 saturated heterocycles. The molecule has 0 bridgehead atoms. The highest BCUT2D eigenvalue weighted by molar-refractivity contribution is 5.84. The van der Waals surface area contributed by atoms with Crippen molar-refractivity contribution in [1.82, 2.24) is 10.6 Å². The van der Waals surface area contributed by atoms with Gasteiger partial charge in [-0.25, -0.2) is 9.59 Å². The maximum Gasteiger partial charge on any atom is 0.329 e. The molecule has 8 nitrogen and oxygen atoms in total. The number of esters is 2. The second kappa shape index (κ2) is 10.2. The second-order valence-corrected chi connectivity index (χ2v) is 4.31. The molecule has 0 aromatic carbocycles. The van der Waals surface area contributed by atoms with E-state index in [1.165, 1.54) is 28.1 Å². The molecule has 0 saturated carbocycles. The van der Waals surface area contributed by atoms with Crippen molar-refractivity contribution in [1.29, 1.82) is 0 Å². The van der Waals surface area contributed by atoms with E-state index in [2.05, 4.69) is 31.9 Å². The highest BCUT2D eigenvalue weighted by Crippen LogP contribution is 1.97. The Bertz CT molecular complexity index is 449. The standard InChI is InChI=1S/C14H20N2O6/c1-9(17)15-11(13(19)21-3)7-5-6-8-12(14(20)22-4)16-10(2)18/h11-12H,7-8H2,1-4H3,(H,15,17)(H,16,18)/t11-,12-/m1/s1. The molecule has 0 aromatic heterocycles. The lowest BCUT2D eigenvalue weighted by atomic mass is 10.1. The third-order valence-corrected chi connectivity index (χ3v) is 2.46. The molecule has 0 rings (SSSR count). The number of rotatable bonds is 6. The first-order valence-corrected chi connectivity index (χ1v) is 6.47. The summed E-state index contributed by atoms with van der Waals surface area (Å²) in [5.74, 6) is 3.33. The first-order valence-electron chi connectivity index (χ1n) is 6.47. The Kier molecular flexibility index (Phi) is 9.02. The van der Waals surface area contributed by atoms with Gasteiger partial charge in [-0.15, -0.1) is 11.8 Å². The van der Waals surface area contributed by atoms with Gasteiger partial charge in [-0.05, 0) is 0 Å². The number of carbonyl (C=O) groups excluding carboxylic acids is 4. The number of nitrogens with one attached hydrogen (secondary N) is 2. The van der Waals surface area contributed by atoms with Gasteiger partial charge >= 0.3 is 11.9 Å². The highest BCUT2D eigenvalue weighted by Gasteiger charge is 2.20. The summed E-state index contributed by atoms with van der Waals surface area (Å²) < 4.78 is 9.09. The predicted molar refractivity (Wildman–Crippen MR) is 76.3 cm³/mol. The van der Waals surface area contributed by atoms with Crippen LogP contribution in [0.1, 0.15) is 26.7 Å². The summed E-state index contributed by atoms with van der Waals surface area (Å²) in [6.07, 6.45) is 0.0560. The van der Waals surface area contributed by atoms with E-state index in [1.807, 2.05) is 0 Å². The molecule has 0 unspecified atom stereocenters. The molecule has 2 atom stereocenters. The summed E-state index contributed by atoms with van der Waals surface area (Å²) in [6.45, 7) is 2.54. The van der Waals surface area contributed by atoms with Crippen molar-refractivity contribution in [3.8, 4) is 11.8 Å². The average Bonchev–Trinajstić information content (AvgIpc) is 2.46. The van der Waals surface area contributed by atoms with Crippen LogP contribution in [0.3, 0.4) is 0 Å². The van der Waals surface area contributed by atoms with Crippen LogP contribution in [-0.4, -0.2) is 50.1 Å². The zero-order chi connectivity index (χ0) is 17.1. The Balaban J connectivity index is 4.68. The van der Waals surface area contributed by atoms with Gasteiger partial charge in [0.05, 0.1) is 14.2 Å². The third-order valence-electron chi connectivity index (χ3n) is 2.46. The van der Waals surface area contributed by atoms with Crippen molar-refractivity contribution in [2.45, 2.75) is 38.8 Å². The van der Waals surface area contributed by atoms with Gasteiger partial charge < -0.3 is 20.1 Å². The van der Waals surface area contributed by atoms with E-state index >= 15 is 0 Å². The lowest BCUT2D eigenvalue weighted by molar-refractivity contribution is -0.145. The van der Waals surface area contributed by atoms with Crippen LogP contribution in [0.15, 0.2) is 0 Å². The smallest absolute Gasteiger partial charge is 0.329 e. The topological polar surface area (TPSA) is 111 Å². The van der Waals surface area contributed by atoms with E-state index in [0.29, 0.717) is 0 Å². The van der Waals surface area contributed by atoms with Crippen LogP contribution in [0.4, 0.5) is 0 Å². The Labute approximate surface area is 128 Å². The van der Waals surface area contributed by atoms with Crippen LogP contribution in [0.25, 0.3) is 0 Å². The van der Waals surface area contributed by atoms with Gasteiger partial charge in [0.25, 0.3) is 0 Å². The van der Waals surface area contributed by atoms with Crippen LogP contribution < -0.4 is 10.6 Å². The normalized spacial score (nSPS) is 12.0. The molecular formula is C14H20N2O6. The van der Waals surface area contributed by atoms with E-state index < -0.39 is 24.0 Å². The monoisotopic (exact) mass is 312 g/mol. The summed E-state index contributed by atoms with van der Waals surface area (Å²) in [4.78, 5) is 44.9. The molecular weight excluding hydrogens is 292 g/mol. The number of methoxy groups -OCH3 is 2. The van der Waals surface area contributed by atoms with Crippen molar-refractivity contribution in [2.24, 2.45) is 0 Å². The lowest BCUT2D eigenvalue weighted by Crippen LogP contribution is -2.40. The van der Waals surface area contributed by atoms with Gasteiger partial charge in [-0.1, -0.05) is 0 Å². The van der Waals surface area contributed by atoms with Gasteiger partial charge in [0.15, 0.2) is 0 Å². The molecule has 0 aromatic rings. The molecule has 2 amide bonds. The minimum Gasteiger partial charge on any atom is -0.467 e. The zero-order valence-corrected chi connectivity index (χ0v) is 13.0. The van der Waals surface area contributed by atoms with Crippen LogP contribution in [0.2, 0.25) is 0 Å². The number of hydrogen-bond donors (Lipinski definition) is 2. The molecule has 0 radical (unpaired) electrons. The number of hydrogen-bond acceptors (Lipinski definition) is 6. The van der Waals surface area contributed by atoms with E-state index in [9.17, 15) is 19.2 Å². The lowest BCUT2D eigenvalue weighted by Gasteiger charge is -2.13. The Morgan fingerprint density at radius 1 is 0.818 bits per heavy atom. The van der Waals surface area contributed by atoms with Crippen LogP contribution in [0, 0.1) is 11.8 Å². The van der Waals surface area contributed by atoms with Crippen LogP contribution in [0.5, 0.6) is 0 Å². The molecule has 0 fully saturated rings. The van der Waals surface area contributed by atoms with Crippen molar-refractivity contribution < 1.29 is 28.7 Å². The molecule has 2 N–H and O–H groups in total. The van der Waals surface area contributed by atoms with E-state index in [-0.39, 0.29) is 24.7 Å². The van der Waals surface area contributed by atoms with Crippen molar-refractivity contribution in [2.75, 3.05) is 14.2 Å². The van der Waals surface area contributed by atoms with Crippen molar-refractivity contribution in [3.05, 3.63) is 0 Å². The molecule has 0 spiro atoms. The van der Waals surface area contributed by atoms with Gasteiger partial charge in [-0.2, -0.15) is 0 Å². The van der Waals surface area contributed by atoms with E-state index in [0.717, 1.165) is 0 Å². The summed E-state index contributed by atoms with van der Waals surface area (Å²) in [7, 11) is 2.41. The molecule has 122 valence electrons. The Morgan fingerprint density at radius 2 is 1.14 bits per heavy atom. The fourth-order valence-electron chi connectivity index (χ4n) is 1.51. The SMILES string of the molecule is COC(=O)[C@@H](CC#CC[C@@H](NC(C)=O)C(=O)OC)NC(C)=O. The number of amides is 2. The van der Waals surface area contributed by atoms with Crippen LogP contribution >= 0.6 is 0 Å². The molecule has 8 heteroatoms. The molecule has 0 aliphatic rings. The van der Waals surface area contributed by atoms with Gasteiger partial charge in [0.1, 0.15) is 12.1 Å². The molecule has 0 heterocycles. The predicted octanol–water partition coefficient (Wildman–Crippen LogP) is -0.875. The van der Waals surface area contributed by atoms with Crippen LogP contribution in [-0.2, 0) is 28.7 Å². The Morgan fingerprint density at radius 3 is 1.36 bits per heavy atom. The van der Waals surface area contributed by atoms with E-state index in [1.54, 1.807) is 0 Å². The average molecular weight is 312 g/mol. The summed E-state index contributed by atoms with van der Waals surface area (Å²) in [5, 5.41) is 4.82. The fourth-order valence-corrected chi connectivity index (χ4v) is 1.51. The van der Waals surface area contributed by atoms with Crippen molar-refractivity contribution >= 4 is 23.8 Å². The molecule has 0 aliphatic carbocycles. The zero-order valence-electron chi connectivity index (χ0n) is 13.0. The van der Waals surface area contributed by atoms with Gasteiger partial charge in [-0.3, -0.25) is 9.59 Å². The van der Waals surface area contributed by atoms with Gasteiger partial charge in [0.2, 0.25) is 11.8 Å². The third kappa shape index (κ3) is 7.89. The maximum absolute atomic E-state index is 11.4. The summed E-state index contributed by atoms with van der Waals surface area (Å²) in [5.41, 5.74) is 0. The molecule has 22 heavy (non-hydrogen) atoms. The number of ether oxygens (including phenoxy) is 2. The minimum absolute atomic E-state index is 0.0280. The van der Waals surface area contributed by atoms with Crippen molar-refractivity contribution in [3.63, 3.8) is 0 Å². The first kappa shape index (κ1) is 19.4. The fraction of sp³-hybridized carbons (Fsp3) is 0.571. The summed E-state index contributed by atoms with van der Waals surface area (Å²) in [6, 6.07) is -1.76. The number of carbonyl (C=O) groups is 4. The van der Waals surface area contributed by atoms with Gasteiger partial charge in [0, 0.05) is 26.7 Å². The first-order chi connectivity index (χ1) is 10.3.